The van der Waals surface area contributed by atoms with Crippen molar-refractivity contribution in [3.05, 3.63) is 50.2 Å². The number of hydrogen-bond donors (Lipinski definition) is 1. The molecule has 1 aliphatic rings. The number of carbonyl (C=O) groups is 1. The molecule has 160 valence electrons. The first kappa shape index (κ1) is 20.9. The van der Waals surface area contributed by atoms with Crippen molar-refractivity contribution in [1.82, 2.24) is 14.3 Å². The van der Waals surface area contributed by atoms with E-state index in [9.17, 15) is 14.7 Å². The number of imidazole rings is 1. The molecule has 9 nitrogen and oxygen atoms in total. The Morgan fingerprint density at radius 2 is 2.20 bits per heavy atom. The lowest BCUT2D eigenvalue weighted by molar-refractivity contribution is -0.135. The van der Waals surface area contributed by atoms with E-state index in [0.717, 1.165) is 0 Å². The number of carbonyl (C=O) groups excluding carboxylic acids is 1. The molecule has 1 atom stereocenters. The van der Waals surface area contributed by atoms with Gasteiger partial charge in [0.05, 0.1) is 24.8 Å². The molecule has 30 heavy (non-hydrogen) atoms. The molecule has 1 N–H and O–H groups in total. The highest BCUT2D eigenvalue weighted by Gasteiger charge is 2.33. The van der Waals surface area contributed by atoms with Gasteiger partial charge in [-0.3, -0.25) is 14.0 Å². The van der Waals surface area contributed by atoms with Gasteiger partial charge in [0.1, 0.15) is 12.4 Å². The number of halogens is 1. The summed E-state index contributed by atoms with van der Waals surface area (Å²) < 4.78 is 17.9. The van der Waals surface area contributed by atoms with Crippen LogP contribution < -0.4 is 5.43 Å². The summed E-state index contributed by atoms with van der Waals surface area (Å²) in [4.78, 5) is 32.1. The summed E-state index contributed by atoms with van der Waals surface area (Å²) in [5.41, 5.74) is -0.142. The zero-order chi connectivity index (χ0) is 21.3. The molecule has 1 amide bonds. The van der Waals surface area contributed by atoms with E-state index in [1.807, 2.05) is 5.38 Å². The average molecular weight is 454 g/mol. The predicted molar refractivity (Wildman–Crippen MR) is 109 cm³/mol. The molecular formula is C19H20ClN3O6S. The third-order valence-electron chi connectivity index (χ3n) is 4.93. The molecule has 0 saturated carbocycles. The minimum absolute atomic E-state index is 0.0361. The number of thiazole rings is 1. The molecule has 0 spiro atoms. The van der Waals surface area contributed by atoms with E-state index in [-0.39, 0.29) is 35.6 Å². The van der Waals surface area contributed by atoms with Crippen molar-refractivity contribution in [2.24, 2.45) is 0 Å². The monoisotopic (exact) mass is 453 g/mol. The lowest BCUT2D eigenvalue weighted by atomic mass is 9.96. The first-order valence-electron chi connectivity index (χ1n) is 9.31. The first-order chi connectivity index (χ1) is 14.5. The number of hydrogen-bond acceptors (Lipinski definition) is 8. The fourth-order valence-electron chi connectivity index (χ4n) is 3.52. The van der Waals surface area contributed by atoms with Gasteiger partial charge in [0.15, 0.2) is 15.9 Å². The molecule has 11 heteroatoms. The SMILES string of the molecule is COCc1cc(=O)c(O)c([C@H](CC(=O)N2CCOCC2)c2c(Cl)nc3sccn23)o1. The van der Waals surface area contributed by atoms with E-state index in [0.29, 0.717) is 37.0 Å². The summed E-state index contributed by atoms with van der Waals surface area (Å²) in [6.07, 6.45) is 1.71. The fraction of sp³-hybridized carbons (Fsp3) is 0.421. The average Bonchev–Trinajstić information content (AvgIpc) is 3.30. The molecule has 0 unspecified atom stereocenters. The molecule has 0 bridgehead atoms. The Kier molecular flexibility index (Phi) is 6.09. The lowest BCUT2D eigenvalue weighted by Crippen LogP contribution is -2.41. The molecule has 1 aliphatic heterocycles. The largest absolute Gasteiger partial charge is 0.502 e. The van der Waals surface area contributed by atoms with Crippen molar-refractivity contribution >= 4 is 33.8 Å². The summed E-state index contributed by atoms with van der Waals surface area (Å²) >= 11 is 7.80. The number of aromatic nitrogens is 2. The second kappa shape index (κ2) is 8.76. The minimum Gasteiger partial charge on any atom is -0.502 e. The molecule has 0 radical (unpaired) electrons. The molecule has 1 saturated heterocycles. The Balaban J connectivity index is 1.82. The summed E-state index contributed by atoms with van der Waals surface area (Å²) in [5, 5.41) is 12.5. The van der Waals surface area contributed by atoms with Crippen LogP contribution in [0.15, 0.2) is 26.9 Å². The number of fused-ring (bicyclic) bond motifs is 1. The highest BCUT2D eigenvalue weighted by atomic mass is 35.5. The van der Waals surface area contributed by atoms with E-state index >= 15 is 0 Å². The number of nitrogens with zero attached hydrogens (tertiary/aromatic N) is 3. The minimum atomic E-state index is -0.818. The molecule has 3 aromatic rings. The Hall–Kier alpha value is -2.40. The second-order valence-corrected chi connectivity index (χ2v) is 8.05. The van der Waals surface area contributed by atoms with Gasteiger partial charge in [0.2, 0.25) is 17.1 Å². The van der Waals surface area contributed by atoms with Crippen molar-refractivity contribution in [2.75, 3.05) is 33.4 Å². The predicted octanol–water partition coefficient (Wildman–Crippen LogP) is 2.24. The quantitative estimate of drug-likeness (QED) is 0.609. The van der Waals surface area contributed by atoms with E-state index in [4.69, 9.17) is 25.5 Å². The highest BCUT2D eigenvalue weighted by molar-refractivity contribution is 7.15. The molecule has 4 heterocycles. The van der Waals surface area contributed by atoms with E-state index < -0.39 is 17.1 Å². The fourth-order valence-corrected chi connectivity index (χ4v) is 4.60. The van der Waals surface area contributed by atoms with Gasteiger partial charge < -0.3 is 23.9 Å². The Labute approximate surface area is 180 Å². The maximum Gasteiger partial charge on any atom is 0.227 e. The highest BCUT2D eigenvalue weighted by Crippen LogP contribution is 2.38. The zero-order valence-corrected chi connectivity index (χ0v) is 17.7. The summed E-state index contributed by atoms with van der Waals surface area (Å²) in [5.74, 6) is -1.34. The number of methoxy groups -OCH3 is 1. The van der Waals surface area contributed by atoms with Gasteiger partial charge >= 0.3 is 0 Å². The van der Waals surface area contributed by atoms with Crippen LogP contribution in [0.1, 0.15) is 29.6 Å². The molecule has 4 rings (SSSR count). The maximum absolute atomic E-state index is 13.0. The zero-order valence-electron chi connectivity index (χ0n) is 16.2. The van der Waals surface area contributed by atoms with Gasteiger partial charge in [-0.05, 0) is 0 Å². The third kappa shape index (κ3) is 3.95. The van der Waals surface area contributed by atoms with Crippen LogP contribution in [0.3, 0.4) is 0 Å². The summed E-state index contributed by atoms with van der Waals surface area (Å²) in [6.45, 7) is 1.91. The standard InChI is InChI=1S/C19H20ClN3O6S/c1-27-10-11-8-13(24)16(26)17(29-11)12(9-14(25)22-2-5-28-6-3-22)15-18(20)21-19-23(15)4-7-30-19/h4,7-8,12,26H,2-3,5-6,9-10H2,1H3/t12-/m1/s1. The van der Waals surface area contributed by atoms with Gasteiger partial charge in [-0.1, -0.05) is 11.6 Å². The van der Waals surface area contributed by atoms with Gasteiger partial charge in [0.25, 0.3) is 0 Å². The molecular weight excluding hydrogens is 434 g/mol. The van der Waals surface area contributed by atoms with Crippen LogP contribution in [0.4, 0.5) is 0 Å². The van der Waals surface area contributed by atoms with Gasteiger partial charge in [0, 0.05) is 44.3 Å². The van der Waals surface area contributed by atoms with Crippen LogP contribution >= 0.6 is 22.9 Å². The van der Waals surface area contributed by atoms with Crippen molar-refractivity contribution < 1.29 is 23.8 Å². The molecule has 0 aromatic carbocycles. The van der Waals surface area contributed by atoms with Gasteiger partial charge in [-0.2, -0.15) is 0 Å². The van der Waals surface area contributed by atoms with E-state index in [2.05, 4.69) is 4.98 Å². The van der Waals surface area contributed by atoms with Crippen LogP contribution in [0.5, 0.6) is 5.75 Å². The topological polar surface area (TPSA) is 107 Å². The second-order valence-electron chi connectivity index (χ2n) is 6.82. The number of aromatic hydroxyl groups is 1. The third-order valence-corrected chi connectivity index (χ3v) is 5.96. The molecule has 3 aromatic heterocycles. The maximum atomic E-state index is 13.0. The summed E-state index contributed by atoms with van der Waals surface area (Å²) in [7, 11) is 1.47. The normalized spacial score (nSPS) is 15.6. The van der Waals surface area contributed by atoms with Crippen molar-refractivity contribution in [3.63, 3.8) is 0 Å². The van der Waals surface area contributed by atoms with Crippen LogP contribution in [0, 0.1) is 0 Å². The number of amides is 1. The van der Waals surface area contributed by atoms with Crippen LogP contribution in [-0.2, 0) is 20.9 Å². The van der Waals surface area contributed by atoms with Gasteiger partial charge in [-0.15, -0.1) is 11.3 Å². The van der Waals surface area contributed by atoms with Crippen LogP contribution in [-0.4, -0.2) is 58.7 Å². The number of morpholine rings is 1. The Morgan fingerprint density at radius 3 is 2.93 bits per heavy atom. The number of ether oxygens (including phenoxy) is 2. The van der Waals surface area contributed by atoms with Crippen molar-refractivity contribution in [1.29, 1.82) is 0 Å². The van der Waals surface area contributed by atoms with E-state index in [1.165, 1.54) is 24.5 Å². The van der Waals surface area contributed by atoms with Crippen LogP contribution in [0.2, 0.25) is 5.15 Å². The van der Waals surface area contributed by atoms with Crippen LogP contribution in [0.25, 0.3) is 4.96 Å². The van der Waals surface area contributed by atoms with Crippen molar-refractivity contribution in [3.8, 4) is 5.75 Å². The van der Waals surface area contributed by atoms with E-state index in [1.54, 1.807) is 15.5 Å². The Morgan fingerprint density at radius 1 is 1.43 bits per heavy atom. The summed E-state index contributed by atoms with van der Waals surface area (Å²) in [6, 6.07) is 1.17. The Bertz CT molecular complexity index is 1120. The molecule has 0 aliphatic carbocycles. The van der Waals surface area contributed by atoms with Crippen molar-refractivity contribution in [2.45, 2.75) is 18.9 Å². The lowest BCUT2D eigenvalue weighted by Gasteiger charge is -2.28. The van der Waals surface area contributed by atoms with Gasteiger partial charge in [-0.25, -0.2) is 4.98 Å². The smallest absolute Gasteiger partial charge is 0.227 e. The number of rotatable bonds is 6. The molecule has 1 fully saturated rings. The first-order valence-corrected chi connectivity index (χ1v) is 10.6.